The van der Waals surface area contributed by atoms with Crippen LogP contribution in [0.1, 0.15) is 17.2 Å². The van der Waals surface area contributed by atoms with Crippen molar-refractivity contribution in [2.45, 2.75) is 6.04 Å². The van der Waals surface area contributed by atoms with Crippen LogP contribution in [0.15, 0.2) is 78.9 Å². The Morgan fingerprint density at radius 2 is 1.35 bits per heavy atom. The van der Waals surface area contributed by atoms with Crippen molar-refractivity contribution in [2.24, 2.45) is 0 Å². The maximum Gasteiger partial charge on any atom is 0.128 e. The summed E-state index contributed by atoms with van der Waals surface area (Å²) in [7, 11) is 0. The Morgan fingerprint density at radius 3 is 2.04 bits per heavy atom. The van der Waals surface area contributed by atoms with Crippen molar-refractivity contribution >= 4 is 0 Å². The van der Waals surface area contributed by atoms with Crippen molar-refractivity contribution in [3.05, 3.63) is 95.8 Å². The number of hydrogen-bond acceptors (Lipinski definition) is 2. The zero-order valence-electron chi connectivity index (χ0n) is 14.7. The van der Waals surface area contributed by atoms with Gasteiger partial charge in [0.2, 0.25) is 0 Å². The van der Waals surface area contributed by atoms with Gasteiger partial charge < -0.3 is 5.32 Å². The fourth-order valence-electron chi connectivity index (χ4n) is 3.71. The molecule has 0 amide bonds. The summed E-state index contributed by atoms with van der Waals surface area (Å²) in [6, 6.07) is 26.0. The van der Waals surface area contributed by atoms with Crippen molar-refractivity contribution in [3.63, 3.8) is 0 Å². The fourth-order valence-corrected chi connectivity index (χ4v) is 3.71. The highest BCUT2D eigenvalue weighted by Gasteiger charge is 2.26. The molecule has 1 aliphatic rings. The van der Waals surface area contributed by atoms with Gasteiger partial charge in [0.15, 0.2) is 0 Å². The average Bonchev–Trinajstić information content (AvgIpc) is 2.72. The number of rotatable bonds is 4. The normalized spacial score (nSPS) is 16.3. The predicted molar refractivity (Wildman–Crippen MR) is 105 cm³/mol. The molecule has 0 bridgehead atoms. The lowest BCUT2D eigenvalue weighted by Crippen LogP contribution is -2.45. The minimum absolute atomic E-state index is 0.0527. The summed E-state index contributed by atoms with van der Waals surface area (Å²) in [6.07, 6.45) is 0. The number of benzene rings is 3. The lowest BCUT2D eigenvalue weighted by Gasteiger charge is -2.35. The highest BCUT2D eigenvalue weighted by molar-refractivity contribution is 5.63. The summed E-state index contributed by atoms with van der Waals surface area (Å²) in [5.41, 5.74) is 4.27. The molecule has 0 aromatic heterocycles. The van der Waals surface area contributed by atoms with Gasteiger partial charge in [0, 0.05) is 31.7 Å². The third kappa shape index (κ3) is 3.55. The van der Waals surface area contributed by atoms with Gasteiger partial charge in [-0.05, 0) is 22.8 Å². The van der Waals surface area contributed by atoms with Gasteiger partial charge >= 0.3 is 0 Å². The van der Waals surface area contributed by atoms with E-state index in [1.54, 1.807) is 12.1 Å². The predicted octanol–water partition coefficient (Wildman–Crippen LogP) is 4.49. The summed E-state index contributed by atoms with van der Waals surface area (Å²) in [5.74, 6) is -0.136. The third-order valence-electron chi connectivity index (χ3n) is 5.05. The molecule has 1 fully saturated rings. The van der Waals surface area contributed by atoms with Crippen LogP contribution < -0.4 is 5.32 Å². The van der Waals surface area contributed by atoms with Gasteiger partial charge in [-0.15, -0.1) is 0 Å². The first-order valence-electron chi connectivity index (χ1n) is 9.17. The average molecular weight is 346 g/mol. The van der Waals surface area contributed by atoms with E-state index in [9.17, 15) is 4.39 Å². The molecule has 2 nitrogen and oxygen atoms in total. The van der Waals surface area contributed by atoms with Crippen molar-refractivity contribution in [1.82, 2.24) is 10.2 Å². The van der Waals surface area contributed by atoms with Gasteiger partial charge in [-0.1, -0.05) is 72.8 Å². The lowest BCUT2D eigenvalue weighted by atomic mass is 9.94. The Morgan fingerprint density at radius 1 is 0.731 bits per heavy atom. The molecule has 1 N–H and O–H groups in total. The van der Waals surface area contributed by atoms with Crippen LogP contribution in [0.4, 0.5) is 4.39 Å². The van der Waals surface area contributed by atoms with Crippen LogP contribution in [0.25, 0.3) is 11.1 Å². The number of nitrogens with one attached hydrogen (secondary N) is 1. The molecule has 132 valence electrons. The molecular weight excluding hydrogens is 323 g/mol. The first kappa shape index (κ1) is 17.0. The molecule has 26 heavy (non-hydrogen) atoms. The van der Waals surface area contributed by atoms with Crippen LogP contribution in [0.2, 0.25) is 0 Å². The second-order valence-electron chi connectivity index (χ2n) is 6.70. The van der Waals surface area contributed by atoms with Crippen LogP contribution in [0.5, 0.6) is 0 Å². The van der Waals surface area contributed by atoms with Crippen LogP contribution >= 0.6 is 0 Å². The highest BCUT2D eigenvalue weighted by Crippen LogP contribution is 2.32. The van der Waals surface area contributed by atoms with Crippen molar-refractivity contribution in [2.75, 3.05) is 26.2 Å². The van der Waals surface area contributed by atoms with E-state index >= 15 is 0 Å². The third-order valence-corrected chi connectivity index (χ3v) is 5.05. The van der Waals surface area contributed by atoms with E-state index in [0.29, 0.717) is 0 Å². The maximum atomic E-state index is 14.6. The Kier molecular flexibility index (Phi) is 5.09. The van der Waals surface area contributed by atoms with Crippen LogP contribution in [0, 0.1) is 5.82 Å². The van der Waals surface area contributed by atoms with E-state index < -0.39 is 0 Å². The molecule has 0 spiro atoms. The molecule has 1 saturated heterocycles. The Balaban J connectivity index is 1.71. The SMILES string of the molecule is Fc1ccccc1C(c1ccc(-c2ccccc2)cc1)N1CCNCC1. The van der Waals surface area contributed by atoms with Gasteiger partial charge in [-0.25, -0.2) is 4.39 Å². The maximum absolute atomic E-state index is 14.6. The number of halogens is 1. The van der Waals surface area contributed by atoms with Gasteiger partial charge in [-0.2, -0.15) is 0 Å². The zero-order valence-corrected chi connectivity index (χ0v) is 14.7. The van der Waals surface area contributed by atoms with Crippen LogP contribution in [-0.2, 0) is 0 Å². The first-order chi connectivity index (χ1) is 12.8. The van der Waals surface area contributed by atoms with Gasteiger partial charge in [0.1, 0.15) is 5.82 Å². The van der Waals surface area contributed by atoms with Crippen molar-refractivity contribution in [3.8, 4) is 11.1 Å². The molecule has 0 saturated carbocycles. The van der Waals surface area contributed by atoms with E-state index in [1.807, 2.05) is 30.3 Å². The van der Waals surface area contributed by atoms with Crippen LogP contribution in [0.3, 0.4) is 0 Å². The van der Waals surface area contributed by atoms with E-state index in [0.717, 1.165) is 37.3 Å². The molecule has 0 aliphatic carbocycles. The summed E-state index contributed by atoms with van der Waals surface area (Å²) in [6.45, 7) is 3.71. The van der Waals surface area contributed by atoms with Crippen molar-refractivity contribution < 1.29 is 4.39 Å². The summed E-state index contributed by atoms with van der Waals surface area (Å²) in [5, 5.41) is 3.38. The molecule has 1 heterocycles. The minimum Gasteiger partial charge on any atom is -0.314 e. The topological polar surface area (TPSA) is 15.3 Å². The number of hydrogen-bond donors (Lipinski definition) is 1. The van der Waals surface area contributed by atoms with E-state index in [-0.39, 0.29) is 11.9 Å². The summed E-state index contributed by atoms with van der Waals surface area (Å²) < 4.78 is 14.6. The lowest BCUT2D eigenvalue weighted by molar-refractivity contribution is 0.195. The number of nitrogens with zero attached hydrogens (tertiary/aromatic N) is 1. The molecule has 3 aromatic rings. The molecular formula is C23H23FN2. The van der Waals surface area contributed by atoms with E-state index in [2.05, 4.69) is 46.6 Å². The van der Waals surface area contributed by atoms with E-state index in [4.69, 9.17) is 0 Å². The number of piperazine rings is 1. The Bertz CT molecular complexity index is 840. The largest absolute Gasteiger partial charge is 0.314 e. The minimum atomic E-state index is -0.136. The second kappa shape index (κ2) is 7.81. The molecule has 3 heteroatoms. The smallest absolute Gasteiger partial charge is 0.128 e. The fraction of sp³-hybridized carbons (Fsp3) is 0.217. The standard InChI is InChI=1S/C23H23FN2/c24-22-9-5-4-8-21(22)23(26-16-14-25-15-17-26)20-12-10-19(11-13-20)18-6-2-1-3-7-18/h1-13,23,25H,14-17H2. The van der Waals surface area contributed by atoms with Gasteiger partial charge in [0.05, 0.1) is 6.04 Å². The quantitative estimate of drug-likeness (QED) is 0.749. The molecule has 1 atom stereocenters. The highest BCUT2D eigenvalue weighted by atomic mass is 19.1. The first-order valence-corrected chi connectivity index (χ1v) is 9.17. The van der Waals surface area contributed by atoms with Crippen LogP contribution in [-0.4, -0.2) is 31.1 Å². The van der Waals surface area contributed by atoms with Crippen molar-refractivity contribution in [1.29, 1.82) is 0 Å². The molecule has 3 aromatic carbocycles. The van der Waals surface area contributed by atoms with Gasteiger partial charge in [-0.3, -0.25) is 4.90 Å². The summed E-state index contributed by atoms with van der Waals surface area (Å²) >= 11 is 0. The van der Waals surface area contributed by atoms with E-state index in [1.165, 1.54) is 11.1 Å². The summed E-state index contributed by atoms with van der Waals surface area (Å²) in [4.78, 5) is 2.37. The molecule has 1 aliphatic heterocycles. The Labute approximate surface area is 154 Å². The Hall–Kier alpha value is -2.49. The second-order valence-corrected chi connectivity index (χ2v) is 6.70. The monoisotopic (exact) mass is 346 g/mol. The molecule has 4 rings (SSSR count). The molecule has 0 radical (unpaired) electrons. The molecule has 1 unspecified atom stereocenters. The zero-order chi connectivity index (χ0) is 17.8. The van der Waals surface area contributed by atoms with Gasteiger partial charge in [0.25, 0.3) is 0 Å².